The quantitative estimate of drug-likeness (QED) is 0.221. The molecule has 0 saturated carbocycles. The molecule has 43 heavy (non-hydrogen) atoms. The number of aliphatic hydroxyl groups is 3. The van der Waals surface area contributed by atoms with Crippen LogP contribution in [-0.4, -0.2) is 55.1 Å². The number of phenolic OH excluding ortho intramolecular Hbond substituents is 1. The van der Waals surface area contributed by atoms with Crippen molar-refractivity contribution >= 4 is 28.2 Å². The predicted molar refractivity (Wildman–Crippen MR) is 159 cm³/mol. The maximum Gasteiger partial charge on any atom is 0.255 e. The molecular formula is C33H33N3O7. The Morgan fingerprint density at radius 3 is 2.37 bits per heavy atom. The van der Waals surface area contributed by atoms with E-state index < -0.39 is 57.2 Å². The zero-order chi connectivity index (χ0) is 31.0. The minimum Gasteiger partial charge on any atom is -0.511 e. The summed E-state index contributed by atoms with van der Waals surface area (Å²) in [4.78, 5) is 39.3. The lowest BCUT2D eigenvalue weighted by molar-refractivity contribution is -0.144. The molecule has 6 rings (SSSR count). The van der Waals surface area contributed by atoms with E-state index in [4.69, 9.17) is 11.5 Å². The number of aromatic hydroxyl groups is 1. The first-order valence-electron chi connectivity index (χ1n) is 14.2. The second-order valence-corrected chi connectivity index (χ2v) is 12.1. The van der Waals surface area contributed by atoms with Gasteiger partial charge in [0.05, 0.1) is 16.7 Å². The molecule has 222 valence electrons. The number of carbonyl (C=O) groups is 3. The maximum atomic E-state index is 14.1. The molecule has 0 aromatic heterocycles. The van der Waals surface area contributed by atoms with Crippen LogP contribution in [0.2, 0.25) is 0 Å². The van der Waals surface area contributed by atoms with Gasteiger partial charge in [0, 0.05) is 24.9 Å². The lowest BCUT2D eigenvalue weighted by Crippen LogP contribution is -2.64. The smallest absolute Gasteiger partial charge is 0.255 e. The summed E-state index contributed by atoms with van der Waals surface area (Å²) in [5.41, 5.74) is 9.62. The molecule has 10 heteroatoms. The van der Waals surface area contributed by atoms with E-state index in [0.29, 0.717) is 23.7 Å². The Hall–Kier alpha value is -4.51. The van der Waals surface area contributed by atoms with Crippen LogP contribution in [0.5, 0.6) is 5.75 Å². The summed E-state index contributed by atoms with van der Waals surface area (Å²) in [6.45, 7) is 4.80. The van der Waals surface area contributed by atoms with E-state index in [2.05, 4.69) is 19.2 Å². The van der Waals surface area contributed by atoms with E-state index in [1.165, 1.54) is 6.07 Å². The molecule has 1 amide bonds. The molecule has 0 radical (unpaired) electrons. The van der Waals surface area contributed by atoms with E-state index in [-0.39, 0.29) is 30.6 Å². The highest BCUT2D eigenvalue weighted by atomic mass is 16.3. The predicted octanol–water partition coefficient (Wildman–Crippen LogP) is 2.98. The van der Waals surface area contributed by atoms with E-state index in [9.17, 15) is 34.8 Å². The van der Waals surface area contributed by atoms with Crippen LogP contribution >= 0.6 is 0 Å². The van der Waals surface area contributed by atoms with Gasteiger partial charge in [0.25, 0.3) is 5.91 Å². The largest absolute Gasteiger partial charge is 0.511 e. The van der Waals surface area contributed by atoms with E-state index in [0.717, 1.165) is 21.9 Å². The number of allylic oxidation sites excluding steroid dienone is 1. The Labute approximate surface area is 247 Å². The summed E-state index contributed by atoms with van der Waals surface area (Å²) in [5, 5.41) is 49.7. The monoisotopic (exact) mass is 583 g/mol. The van der Waals surface area contributed by atoms with Crippen molar-refractivity contribution in [3.05, 3.63) is 87.9 Å². The van der Waals surface area contributed by atoms with Gasteiger partial charge in [-0.15, -0.1) is 0 Å². The average Bonchev–Trinajstić information content (AvgIpc) is 2.93. The summed E-state index contributed by atoms with van der Waals surface area (Å²) >= 11 is 0. The first-order chi connectivity index (χ1) is 20.3. The van der Waals surface area contributed by atoms with Gasteiger partial charge in [-0.2, -0.15) is 0 Å². The van der Waals surface area contributed by atoms with Crippen molar-refractivity contribution in [1.82, 2.24) is 5.32 Å². The number of hydrogen-bond donors (Lipinski definition) is 7. The van der Waals surface area contributed by atoms with Crippen molar-refractivity contribution in [1.29, 1.82) is 0 Å². The average molecular weight is 584 g/mol. The van der Waals surface area contributed by atoms with Gasteiger partial charge in [-0.25, -0.2) is 0 Å². The minimum atomic E-state index is -2.69. The summed E-state index contributed by atoms with van der Waals surface area (Å²) in [6.07, 6.45) is -0.553. The SMILES string of the molecule is CC(C)NCc1ccc(-c2ccc(O)c3c2C[C@@]2(N)C[C@H]4CC(O)=C(C(N)=O)C(=O)[C@@]4(O)C(O)=C2C3=O)c2ccccc12. The number of phenols is 1. The van der Waals surface area contributed by atoms with Crippen molar-refractivity contribution in [2.75, 3.05) is 0 Å². The van der Waals surface area contributed by atoms with Crippen molar-refractivity contribution in [3.8, 4) is 16.9 Å². The standard InChI is InChI=1S/C33H33N3O7/c1-15(2)36-14-16-7-8-20(19-6-4-3-5-18(16)19)21-9-10-23(37)25-22(21)13-32(35)12-17-11-24(38)26(31(34)42)29(40)33(17,43)30(41)27(32)28(25)39/h3-10,15,17,36-38,41,43H,11-14,35H2,1-2H3,(H2,34,42)/t17-,32+,33-/m1/s1. The number of hydrogen-bond acceptors (Lipinski definition) is 9. The van der Waals surface area contributed by atoms with E-state index in [1.807, 2.05) is 36.4 Å². The number of benzene rings is 3. The first kappa shape index (κ1) is 28.6. The summed E-state index contributed by atoms with van der Waals surface area (Å²) < 4.78 is 0. The van der Waals surface area contributed by atoms with Crippen LogP contribution < -0.4 is 16.8 Å². The number of amides is 1. The van der Waals surface area contributed by atoms with Crippen LogP contribution in [0.15, 0.2) is 71.2 Å². The normalized spacial score (nSPS) is 25.2. The number of aliphatic hydroxyl groups excluding tert-OH is 2. The van der Waals surface area contributed by atoms with Crippen LogP contribution in [0.1, 0.15) is 48.2 Å². The molecule has 0 spiro atoms. The summed E-state index contributed by atoms with van der Waals surface area (Å²) in [7, 11) is 0. The molecule has 0 unspecified atom stereocenters. The second-order valence-electron chi connectivity index (χ2n) is 12.1. The molecule has 0 saturated heterocycles. The molecule has 10 nitrogen and oxygen atoms in total. The number of ketones is 2. The fourth-order valence-corrected chi connectivity index (χ4v) is 7.06. The molecule has 3 aromatic rings. The Bertz CT molecular complexity index is 1820. The van der Waals surface area contributed by atoms with Gasteiger partial charge in [-0.05, 0) is 51.9 Å². The Kier molecular flexibility index (Phi) is 6.50. The fraction of sp³-hybridized carbons (Fsp3) is 0.303. The van der Waals surface area contributed by atoms with Crippen LogP contribution in [0, 0.1) is 5.92 Å². The van der Waals surface area contributed by atoms with E-state index >= 15 is 0 Å². The van der Waals surface area contributed by atoms with Crippen LogP contribution in [0.3, 0.4) is 0 Å². The van der Waals surface area contributed by atoms with Crippen LogP contribution in [0.4, 0.5) is 0 Å². The van der Waals surface area contributed by atoms with Crippen LogP contribution in [0.25, 0.3) is 21.9 Å². The number of primary amides is 1. The molecule has 0 heterocycles. The van der Waals surface area contributed by atoms with Crippen LogP contribution in [-0.2, 0) is 22.6 Å². The third kappa shape index (κ3) is 4.09. The molecule has 3 aromatic carbocycles. The first-order valence-corrected chi connectivity index (χ1v) is 14.2. The molecule has 0 aliphatic heterocycles. The van der Waals surface area contributed by atoms with Gasteiger partial charge in [-0.1, -0.05) is 56.3 Å². The van der Waals surface area contributed by atoms with Gasteiger partial charge >= 0.3 is 0 Å². The third-order valence-electron chi connectivity index (χ3n) is 9.09. The van der Waals surface area contributed by atoms with Crippen molar-refractivity contribution < 1.29 is 34.8 Å². The van der Waals surface area contributed by atoms with Gasteiger partial charge in [0.2, 0.25) is 5.78 Å². The number of nitrogens with two attached hydrogens (primary N) is 2. The number of carbonyl (C=O) groups excluding carboxylic acids is 3. The summed E-state index contributed by atoms with van der Waals surface area (Å²) in [5.74, 6) is -6.47. The molecule has 9 N–H and O–H groups in total. The Morgan fingerprint density at radius 2 is 1.70 bits per heavy atom. The lowest BCUT2D eigenvalue weighted by atomic mass is 9.57. The Morgan fingerprint density at radius 1 is 1.02 bits per heavy atom. The van der Waals surface area contributed by atoms with Gasteiger partial charge in [0.1, 0.15) is 22.8 Å². The fourth-order valence-electron chi connectivity index (χ4n) is 7.06. The van der Waals surface area contributed by atoms with Gasteiger partial charge < -0.3 is 37.2 Å². The topological polar surface area (TPSA) is 196 Å². The number of fused-ring (bicyclic) bond motifs is 4. The number of nitrogens with one attached hydrogen (secondary N) is 1. The lowest BCUT2D eigenvalue weighted by Gasteiger charge is -2.50. The second kappa shape index (κ2) is 9.77. The van der Waals surface area contributed by atoms with Crippen molar-refractivity contribution in [3.63, 3.8) is 0 Å². The maximum absolute atomic E-state index is 14.1. The van der Waals surface area contributed by atoms with Gasteiger partial charge in [-0.3, -0.25) is 14.4 Å². The van der Waals surface area contributed by atoms with Crippen molar-refractivity contribution in [2.24, 2.45) is 17.4 Å². The molecule has 3 atom stereocenters. The highest BCUT2D eigenvalue weighted by Crippen LogP contribution is 2.53. The zero-order valence-electron chi connectivity index (χ0n) is 23.8. The molecule has 0 bridgehead atoms. The summed E-state index contributed by atoms with van der Waals surface area (Å²) in [6, 6.07) is 15.3. The Balaban J connectivity index is 1.53. The minimum absolute atomic E-state index is 0.0178. The van der Waals surface area contributed by atoms with Crippen molar-refractivity contribution in [2.45, 2.75) is 56.8 Å². The molecule has 3 aliphatic carbocycles. The molecule has 3 aliphatic rings. The number of Topliss-reactive ketones (excluding diaryl/α,β-unsaturated/α-hetero) is 2. The molecule has 0 fully saturated rings. The number of rotatable bonds is 5. The third-order valence-corrected chi connectivity index (χ3v) is 9.09. The van der Waals surface area contributed by atoms with E-state index in [1.54, 1.807) is 6.07 Å². The molecular weight excluding hydrogens is 550 g/mol. The zero-order valence-corrected chi connectivity index (χ0v) is 23.8. The highest BCUT2D eigenvalue weighted by molar-refractivity contribution is 6.25. The van der Waals surface area contributed by atoms with Gasteiger partial charge in [0.15, 0.2) is 11.4 Å². The highest BCUT2D eigenvalue weighted by Gasteiger charge is 2.63.